The molecule has 186 valence electrons. The summed E-state index contributed by atoms with van der Waals surface area (Å²) in [5, 5.41) is 3.05. The fourth-order valence-corrected chi connectivity index (χ4v) is 5.86. The van der Waals surface area contributed by atoms with E-state index >= 15 is 0 Å². The molecule has 1 aromatic heterocycles. The van der Waals surface area contributed by atoms with Crippen LogP contribution < -0.4 is 14.9 Å². The van der Waals surface area contributed by atoms with Crippen molar-refractivity contribution >= 4 is 28.4 Å². The Kier molecular flexibility index (Phi) is 7.77. The maximum Gasteiger partial charge on any atom is 0.421 e. The van der Waals surface area contributed by atoms with Gasteiger partial charge in [-0.05, 0) is 62.3 Å². The molecule has 2 N–H and O–H groups in total. The summed E-state index contributed by atoms with van der Waals surface area (Å²) in [6, 6.07) is 5.63. The van der Waals surface area contributed by atoms with Crippen molar-refractivity contribution in [2.75, 3.05) is 23.3 Å². The minimum atomic E-state index is -4.53. The lowest BCUT2D eigenvalue weighted by molar-refractivity contribution is -0.137. The highest BCUT2D eigenvalue weighted by Gasteiger charge is 2.37. The molecule has 2 fully saturated rings. The summed E-state index contributed by atoms with van der Waals surface area (Å²) in [6.07, 6.45) is 3.77. The molecule has 0 amide bonds. The Balaban J connectivity index is 1.52. The third-order valence-corrected chi connectivity index (χ3v) is 7.80. The summed E-state index contributed by atoms with van der Waals surface area (Å²) in [5.41, 5.74) is 0.660. The van der Waals surface area contributed by atoms with Gasteiger partial charge >= 0.3 is 6.18 Å². The molecule has 2 heterocycles. The zero-order chi connectivity index (χ0) is 24.3. The number of halogens is 3. The van der Waals surface area contributed by atoms with Crippen molar-refractivity contribution in [3.05, 3.63) is 35.5 Å². The van der Waals surface area contributed by atoms with E-state index in [1.165, 1.54) is 6.42 Å². The van der Waals surface area contributed by atoms with Gasteiger partial charge in [0, 0.05) is 31.0 Å². The first-order valence-corrected chi connectivity index (χ1v) is 13.1. The number of rotatable bonds is 6. The van der Waals surface area contributed by atoms with Crippen LogP contribution in [0.5, 0.6) is 0 Å². The van der Waals surface area contributed by atoms with Crippen LogP contribution in [0.2, 0.25) is 0 Å². The van der Waals surface area contributed by atoms with Gasteiger partial charge in [0.15, 0.2) is 0 Å². The van der Waals surface area contributed by atoms with Crippen LogP contribution >= 0.6 is 0 Å². The number of nitrogens with one attached hydrogen (secondary N) is 2. The van der Waals surface area contributed by atoms with Gasteiger partial charge in [-0.3, -0.25) is 0 Å². The molecule has 10 heteroatoms. The first kappa shape index (κ1) is 24.9. The molecule has 0 bridgehead atoms. The fraction of sp³-hybridized carbons (Fsp3) is 0.583. The van der Waals surface area contributed by atoms with Gasteiger partial charge in [0.05, 0.1) is 4.90 Å². The van der Waals surface area contributed by atoms with Crippen molar-refractivity contribution in [1.82, 2.24) is 14.7 Å². The maximum atomic E-state index is 13.6. The summed E-state index contributed by atoms with van der Waals surface area (Å²) < 4.78 is 56.9. The molecule has 34 heavy (non-hydrogen) atoms. The van der Waals surface area contributed by atoms with Gasteiger partial charge in [0.1, 0.15) is 22.4 Å². The van der Waals surface area contributed by atoms with Gasteiger partial charge < -0.3 is 10.2 Å². The maximum absolute atomic E-state index is 13.6. The summed E-state index contributed by atoms with van der Waals surface area (Å²) in [5.74, 6) is 0.334. The zero-order valence-corrected chi connectivity index (χ0v) is 20.4. The predicted molar refractivity (Wildman–Crippen MR) is 129 cm³/mol. The largest absolute Gasteiger partial charge is 0.421 e. The molecule has 1 aliphatic carbocycles. The first-order valence-electron chi connectivity index (χ1n) is 12.0. The number of aryl methyl sites for hydroxylation is 1. The van der Waals surface area contributed by atoms with Crippen LogP contribution in [0, 0.1) is 12.8 Å². The number of nitrogens with zero attached hydrogens (tertiary/aromatic N) is 3. The lowest BCUT2D eigenvalue weighted by Crippen LogP contribution is -2.36. The summed E-state index contributed by atoms with van der Waals surface area (Å²) >= 11 is 0. The van der Waals surface area contributed by atoms with Crippen LogP contribution in [-0.4, -0.2) is 33.3 Å². The predicted octanol–water partition coefficient (Wildman–Crippen LogP) is 5.73. The molecule has 0 spiro atoms. The number of piperidine rings is 1. The highest BCUT2D eigenvalue weighted by atomic mass is 32.2. The Morgan fingerprint density at radius 1 is 1.12 bits per heavy atom. The lowest BCUT2D eigenvalue weighted by atomic mass is 9.96. The monoisotopic (exact) mass is 495 g/mol. The van der Waals surface area contributed by atoms with Gasteiger partial charge in [-0.15, -0.1) is 0 Å². The molecule has 2 aliphatic rings. The summed E-state index contributed by atoms with van der Waals surface area (Å²) in [7, 11) is -1.31. The SMILES string of the molecule is Cc1cc(S(=O)NC2CCCCC2)ccc1Nc1ncc(C(F)(F)F)c(N2CCCC(C)C2)n1. The molecule has 1 saturated carbocycles. The summed E-state index contributed by atoms with van der Waals surface area (Å²) in [4.78, 5) is 10.6. The van der Waals surface area contributed by atoms with Crippen LogP contribution in [0.4, 0.5) is 30.6 Å². The third-order valence-electron chi connectivity index (χ3n) is 6.57. The van der Waals surface area contributed by atoms with Gasteiger partial charge in [-0.2, -0.15) is 18.2 Å². The molecule has 1 aliphatic heterocycles. The molecule has 1 aromatic carbocycles. The van der Waals surface area contributed by atoms with Crippen molar-refractivity contribution in [2.45, 2.75) is 75.9 Å². The van der Waals surface area contributed by atoms with Crippen molar-refractivity contribution in [3.63, 3.8) is 0 Å². The smallest absolute Gasteiger partial charge is 0.356 e. The van der Waals surface area contributed by atoms with Crippen molar-refractivity contribution in [3.8, 4) is 0 Å². The average Bonchev–Trinajstić information content (AvgIpc) is 2.80. The van der Waals surface area contributed by atoms with E-state index in [1.54, 1.807) is 17.0 Å². The standard InChI is InChI=1S/C24H32F3N5OS/c1-16-7-6-12-32(15-16)22-20(24(25,26)27)14-28-23(30-22)29-21-11-10-19(13-17(21)2)34(33)31-18-8-4-3-5-9-18/h10-11,13-14,16,18,31H,3-9,12,15H2,1-2H3,(H,28,29,30). The Bertz CT molecular complexity index is 1030. The van der Waals surface area contributed by atoms with E-state index in [-0.39, 0.29) is 17.8 Å². The summed E-state index contributed by atoms with van der Waals surface area (Å²) in [6.45, 7) is 4.98. The number of anilines is 3. The number of alkyl halides is 3. The number of aromatic nitrogens is 2. The highest BCUT2D eigenvalue weighted by molar-refractivity contribution is 7.83. The van der Waals surface area contributed by atoms with Gasteiger partial charge in [-0.1, -0.05) is 26.2 Å². The molecule has 0 radical (unpaired) electrons. The Morgan fingerprint density at radius 2 is 1.88 bits per heavy atom. The van der Waals surface area contributed by atoms with Crippen LogP contribution in [0.15, 0.2) is 29.3 Å². The van der Waals surface area contributed by atoms with E-state index in [2.05, 4.69) is 20.0 Å². The van der Waals surface area contributed by atoms with Crippen molar-refractivity contribution in [2.24, 2.45) is 5.92 Å². The quantitative estimate of drug-likeness (QED) is 0.536. The van der Waals surface area contributed by atoms with E-state index in [9.17, 15) is 17.4 Å². The molecule has 2 atom stereocenters. The molecule has 2 aromatic rings. The Hall–Kier alpha value is -2.20. The highest BCUT2D eigenvalue weighted by Crippen LogP contribution is 2.37. The zero-order valence-electron chi connectivity index (χ0n) is 19.6. The van der Waals surface area contributed by atoms with E-state index < -0.39 is 22.7 Å². The van der Waals surface area contributed by atoms with E-state index in [0.717, 1.165) is 50.3 Å². The second-order valence-corrected chi connectivity index (χ2v) is 10.7. The molecule has 6 nitrogen and oxygen atoms in total. The van der Waals surface area contributed by atoms with Crippen LogP contribution in [0.3, 0.4) is 0 Å². The molecular weight excluding hydrogens is 463 g/mol. The van der Waals surface area contributed by atoms with Gasteiger partial charge in [-0.25, -0.2) is 13.9 Å². The topological polar surface area (TPSA) is 70.2 Å². The van der Waals surface area contributed by atoms with E-state index in [1.807, 2.05) is 19.9 Å². The van der Waals surface area contributed by atoms with E-state index in [4.69, 9.17) is 0 Å². The molecule has 4 rings (SSSR count). The van der Waals surface area contributed by atoms with Crippen molar-refractivity contribution in [1.29, 1.82) is 0 Å². The first-order chi connectivity index (χ1) is 16.2. The van der Waals surface area contributed by atoms with Gasteiger partial charge in [0.25, 0.3) is 0 Å². The minimum Gasteiger partial charge on any atom is -0.356 e. The Labute approximate surface area is 201 Å². The third kappa shape index (κ3) is 6.07. The number of benzene rings is 1. The normalized spacial score (nSPS) is 20.9. The minimum absolute atomic E-state index is 0.0800. The molecule has 1 saturated heterocycles. The second-order valence-electron chi connectivity index (χ2n) is 9.45. The van der Waals surface area contributed by atoms with Crippen molar-refractivity contribution < 1.29 is 17.4 Å². The average molecular weight is 496 g/mol. The fourth-order valence-electron chi connectivity index (χ4n) is 4.71. The lowest BCUT2D eigenvalue weighted by Gasteiger charge is -2.33. The van der Waals surface area contributed by atoms with Crippen LogP contribution in [-0.2, 0) is 17.2 Å². The Morgan fingerprint density at radius 3 is 2.56 bits per heavy atom. The molecule has 2 unspecified atom stereocenters. The van der Waals surface area contributed by atoms with Crippen LogP contribution in [0.25, 0.3) is 0 Å². The number of hydrogen-bond donors (Lipinski definition) is 2. The second kappa shape index (κ2) is 10.6. The molecular formula is C24H32F3N5OS. The van der Waals surface area contributed by atoms with Gasteiger partial charge in [0.2, 0.25) is 5.95 Å². The van der Waals surface area contributed by atoms with Crippen LogP contribution in [0.1, 0.15) is 63.0 Å². The van der Waals surface area contributed by atoms with E-state index in [0.29, 0.717) is 29.6 Å². The number of hydrogen-bond acceptors (Lipinski definition) is 5.